The van der Waals surface area contributed by atoms with Crippen LogP contribution in [-0.4, -0.2) is 27.9 Å². The second kappa shape index (κ2) is 6.04. The highest BCUT2D eigenvalue weighted by Crippen LogP contribution is 2.32. The van der Waals surface area contributed by atoms with E-state index in [2.05, 4.69) is 4.90 Å². The summed E-state index contributed by atoms with van der Waals surface area (Å²) in [6.45, 7) is 5.61. The van der Waals surface area contributed by atoms with Gasteiger partial charge in [0.15, 0.2) is 0 Å². The van der Waals surface area contributed by atoms with E-state index < -0.39 is 4.92 Å². The van der Waals surface area contributed by atoms with E-state index in [9.17, 15) is 10.1 Å². The Morgan fingerprint density at radius 3 is 2.53 bits per heavy atom. The Hall–Kier alpha value is -1.05. The van der Waals surface area contributed by atoms with Crippen molar-refractivity contribution in [1.29, 1.82) is 0 Å². The number of nitro groups is 1. The molecule has 1 rings (SSSR count). The van der Waals surface area contributed by atoms with Crippen LogP contribution in [0.4, 0.5) is 5.00 Å². The van der Waals surface area contributed by atoms with Crippen molar-refractivity contribution in [2.24, 2.45) is 5.73 Å². The minimum atomic E-state index is -0.396. The molecule has 0 aliphatic heterocycles. The van der Waals surface area contributed by atoms with E-state index in [-0.39, 0.29) is 11.0 Å². The zero-order valence-electron chi connectivity index (χ0n) is 9.75. The zero-order chi connectivity index (χ0) is 13.0. The van der Waals surface area contributed by atoms with Crippen LogP contribution in [0.2, 0.25) is 0 Å². The van der Waals surface area contributed by atoms with Gasteiger partial charge in [0.1, 0.15) is 0 Å². The van der Waals surface area contributed by atoms with E-state index in [1.807, 2.05) is 13.8 Å². The molecule has 17 heavy (non-hydrogen) atoms. The van der Waals surface area contributed by atoms with Gasteiger partial charge in [-0.2, -0.15) is 0 Å². The first kappa shape index (κ1) is 14.0. The summed E-state index contributed by atoms with van der Waals surface area (Å²) in [6.07, 6.45) is 0. The van der Waals surface area contributed by atoms with E-state index in [1.165, 1.54) is 6.07 Å². The van der Waals surface area contributed by atoms with Gasteiger partial charge in [-0.05, 0) is 19.2 Å². The van der Waals surface area contributed by atoms with Gasteiger partial charge in [0, 0.05) is 10.9 Å². The van der Waals surface area contributed by atoms with Crippen LogP contribution >= 0.6 is 23.6 Å². The summed E-state index contributed by atoms with van der Waals surface area (Å²) in [6, 6.07) is 3.01. The van der Waals surface area contributed by atoms with Gasteiger partial charge >= 0.3 is 5.00 Å². The van der Waals surface area contributed by atoms with E-state index in [4.69, 9.17) is 18.0 Å². The van der Waals surface area contributed by atoms with Crippen molar-refractivity contribution in [2.75, 3.05) is 13.1 Å². The van der Waals surface area contributed by atoms with Gasteiger partial charge in [0.2, 0.25) is 0 Å². The molecule has 5 nitrogen and oxygen atoms in total. The average Bonchev–Trinajstić information content (AvgIpc) is 2.73. The minimum Gasteiger partial charge on any atom is -0.392 e. The molecule has 1 aromatic rings. The number of rotatable bonds is 6. The van der Waals surface area contributed by atoms with Gasteiger partial charge in [-0.15, -0.1) is 0 Å². The molecule has 0 aliphatic carbocycles. The highest BCUT2D eigenvalue weighted by Gasteiger charge is 2.24. The van der Waals surface area contributed by atoms with Gasteiger partial charge in [0.25, 0.3) is 0 Å². The molecule has 1 heterocycles. The Balaban J connectivity index is 3.05. The van der Waals surface area contributed by atoms with Crippen molar-refractivity contribution in [2.45, 2.75) is 19.9 Å². The normalized spacial score (nSPS) is 12.6. The maximum atomic E-state index is 10.7. The third-order valence-corrected chi connectivity index (χ3v) is 3.82. The molecule has 0 aliphatic rings. The largest absolute Gasteiger partial charge is 0.392 e. The molecule has 0 bridgehead atoms. The standard InChI is InChI=1S/C10H15N3O2S2/c1-3-12(4-2)9(10(11)16)7-5-6-8(17-7)13(14)15/h5-6,9H,3-4H2,1-2H3,(H2,11,16). The fraction of sp³-hybridized carbons (Fsp3) is 0.500. The molecule has 0 amide bonds. The topological polar surface area (TPSA) is 72.4 Å². The molecular formula is C10H15N3O2S2. The molecule has 0 spiro atoms. The van der Waals surface area contributed by atoms with Crippen LogP contribution in [0.1, 0.15) is 24.8 Å². The van der Waals surface area contributed by atoms with E-state index in [0.717, 1.165) is 29.3 Å². The minimum absolute atomic E-state index is 0.119. The van der Waals surface area contributed by atoms with Crippen molar-refractivity contribution in [3.05, 3.63) is 27.1 Å². The summed E-state index contributed by atoms with van der Waals surface area (Å²) in [4.78, 5) is 13.5. The Bertz CT molecular complexity index is 415. The molecule has 1 atom stereocenters. The molecule has 1 unspecified atom stereocenters. The quantitative estimate of drug-likeness (QED) is 0.489. The summed E-state index contributed by atoms with van der Waals surface area (Å²) in [7, 11) is 0. The number of nitrogens with two attached hydrogens (primary N) is 1. The molecule has 0 radical (unpaired) electrons. The van der Waals surface area contributed by atoms with Crippen LogP contribution in [0.15, 0.2) is 12.1 Å². The first-order valence-corrected chi connectivity index (χ1v) is 6.51. The second-order valence-corrected chi connectivity index (χ2v) is 5.02. The highest BCUT2D eigenvalue weighted by atomic mass is 32.1. The lowest BCUT2D eigenvalue weighted by Gasteiger charge is -2.27. The number of nitrogens with zero attached hydrogens (tertiary/aromatic N) is 2. The molecule has 2 N–H and O–H groups in total. The summed E-state index contributed by atoms with van der Waals surface area (Å²) in [5, 5.41) is 10.8. The third kappa shape index (κ3) is 3.21. The first-order valence-electron chi connectivity index (χ1n) is 5.28. The Morgan fingerprint density at radius 1 is 1.59 bits per heavy atom. The van der Waals surface area contributed by atoms with Crippen LogP contribution in [0.25, 0.3) is 0 Å². The molecule has 1 aromatic heterocycles. The van der Waals surface area contributed by atoms with Crippen molar-refractivity contribution in [3.8, 4) is 0 Å². The Labute approximate surface area is 109 Å². The number of likely N-dealkylation sites (N-methyl/N-ethyl adjacent to an activating group) is 1. The first-order chi connectivity index (χ1) is 8.01. The lowest BCUT2D eigenvalue weighted by molar-refractivity contribution is -0.380. The van der Waals surface area contributed by atoms with Crippen LogP contribution in [0.5, 0.6) is 0 Å². The molecule has 0 saturated heterocycles. The van der Waals surface area contributed by atoms with E-state index in [1.54, 1.807) is 6.07 Å². The summed E-state index contributed by atoms with van der Waals surface area (Å²) in [5.74, 6) is 0. The zero-order valence-corrected chi connectivity index (χ0v) is 11.4. The highest BCUT2D eigenvalue weighted by molar-refractivity contribution is 7.80. The number of hydrogen-bond donors (Lipinski definition) is 1. The monoisotopic (exact) mass is 273 g/mol. The predicted molar refractivity (Wildman–Crippen MR) is 73.4 cm³/mol. The fourth-order valence-electron chi connectivity index (χ4n) is 1.68. The summed E-state index contributed by atoms with van der Waals surface area (Å²) >= 11 is 6.18. The van der Waals surface area contributed by atoms with Crippen LogP contribution in [0, 0.1) is 10.1 Å². The van der Waals surface area contributed by atoms with Crippen LogP contribution in [0.3, 0.4) is 0 Å². The molecule has 0 fully saturated rings. The van der Waals surface area contributed by atoms with Crippen molar-refractivity contribution in [3.63, 3.8) is 0 Å². The van der Waals surface area contributed by atoms with Gasteiger partial charge in [-0.3, -0.25) is 15.0 Å². The number of thiocarbonyl (C=S) groups is 1. The van der Waals surface area contributed by atoms with Crippen molar-refractivity contribution < 1.29 is 4.92 Å². The summed E-state index contributed by atoms with van der Waals surface area (Å²) < 4.78 is 0. The fourth-order valence-corrected chi connectivity index (χ4v) is 3.00. The smallest absolute Gasteiger partial charge is 0.324 e. The molecule has 0 aromatic carbocycles. The third-order valence-electron chi connectivity index (χ3n) is 2.51. The SMILES string of the molecule is CCN(CC)C(C(N)=S)c1ccc([N+](=O)[O-])s1. The van der Waals surface area contributed by atoms with Crippen LogP contribution in [-0.2, 0) is 0 Å². The molecule has 0 saturated carbocycles. The maximum Gasteiger partial charge on any atom is 0.324 e. The second-order valence-electron chi connectivity index (χ2n) is 3.46. The number of hydrogen-bond acceptors (Lipinski definition) is 5. The Morgan fingerprint density at radius 2 is 2.18 bits per heavy atom. The maximum absolute atomic E-state index is 10.7. The lowest BCUT2D eigenvalue weighted by Crippen LogP contribution is -2.36. The van der Waals surface area contributed by atoms with Gasteiger partial charge < -0.3 is 5.73 Å². The van der Waals surface area contributed by atoms with Gasteiger partial charge in [-0.1, -0.05) is 37.4 Å². The van der Waals surface area contributed by atoms with E-state index >= 15 is 0 Å². The predicted octanol–water partition coefficient (Wildman–Crippen LogP) is 2.33. The lowest BCUT2D eigenvalue weighted by atomic mass is 10.2. The molecule has 94 valence electrons. The summed E-state index contributed by atoms with van der Waals surface area (Å²) in [5.41, 5.74) is 5.73. The number of thiophene rings is 1. The van der Waals surface area contributed by atoms with Crippen molar-refractivity contribution in [1.82, 2.24) is 4.90 Å². The average molecular weight is 273 g/mol. The molecule has 7 heteroatoms. The Kier molecular flexibility index (Phi) is 4.98. The van der Waals surface area contributed by atoms with Gasteiger partial charge in [0.05, 0.1) is 16.0 Å². The molecular weight excluding hydrogens is 258 g/mol. The van der Waals surface area contributed by atoms with Crippen LogP contribution < -0.4 is 5.73 Å². The van der Waals surface area contributed by atoms with Gasteiger partial charge in [-0.25, -0.2) is 0 Å². The van der Waals surface area contributed by atoms with Crippen molar-refractivity contribution >= 4 is 33.5 Å². The van der Waals surface area contributed by atoms with E-state index in [0.29, 0.717) is 4.99 Å².